The summed E-state index contributed by atoms with van der Waals surface area (Å²) in [6.45, 7) is 0.782. The number of ether oxygens (including phenoxy) is 2. The Morgan fingerprint density at radius 2 is 1.61 bits per heavy atom. The van der Waals surface area contributed by atoms with Gasteiger partial charge in [0.2, 0.25) is 0 Å². The third-order valence-corrected chi connectivity index (χ3v) is 3.49. The highest BCUT2D eigenvalue weighted by Crippen LogP contribution is 2.27. The predicted octanol–water partition coefficient (Wildman–Crippen LogP) is 2.95. The predicted molar refractivity (Wildman–Crippen MR) is 85.2 cm³/mol. The zero-order valence-electron chi connectivity index (χ0n) is 12.4. The Labute approximate surface area is 134 Å². The lowest BCUT2D eigenvalue weighted by Gasteiger charge is -2.11. The quantitative estimate of drug-likeness (QED) is 0.369. The van der Waals surface area contributed by atoms with Gasteiger partial charge in [-0.3, -0.25) is 0 Å². The highest BCUT2D eigenvalue weighted by atomic mass is 16.6. The van der Waals surface area contributed by atoms with Crippen LogP contribution in [0.15, 0.2) is 66.2 Å². The first kappa shape index (κ1) is 15.0. The number of esters is 1. The van der Waals surface area contributed by atoms with Gasteiger partial charge in [-0.25, -0.2) is 4.79 Å². The zero-order valence-corrected chi connectivity index (χ0v) is 12.4. The van der Waals surface area contributed by atoms with E-state index in [9.17, 15) is 10.1 Å². The molecular weight excluding hydrogens is 290 g/mol. The van der Waals surface area contributed by atoms with E-state index in [1.54, 1.807) is 0 Å². The van der Waals surface area contributed by atoms with Gasteiger partial charge in [0.25, 0.3) is 0 Å². The fraction of sp³-hybridized carbons (Fsp3) is 0.158. The van der Waals surface area contributed by atoms with E-state index in [0.717, 1.165) is 11.1 Å². The largest absolute Gasteiger partial charge is 0.459 e. The first-order valence-electron chi connectivity index (χ1n) is 7.33. The molecule has 2 aromatic carbocycles. The van der Waals surface area contributed by atoms with Crippen molar-refractivity contribution in [2.75, 3.05) is 13.2 Å². The van der Waals surface area contributed by atoms with Crippen LogP contribution >= 0.6 is 0 Å². The van der Waals surface area contributed by atoms with Gasteiger partial charge in [-0.15, -0.1) is 0 Å². The number of carbonyl (C=O) groups excluding carboxylic acids is 1. The lowest BCUT2D eigenvalue weighted by Crippen LogP contribution is -2.13. The average molecular weight is 305 g/mol. The molecule has 0 aromatic heterocycles. The standard InChI is InChI=1S/C19H15NO3/c20-11-17(19(21)23-13-16-12-22-16)18(14-7-3-1-4-8-14)15-9-5-2-6-10-15/h1-10,16H,12-13H2. The van der Waals surface area contributed by atoms with Crippen LogP contribution in [-0.2, 0) is 14.3 Å². The number of nitrogens with zero attached hydrogens (tertiary/aromatic N) is 1. The second-order valence-electron chi connectivity index (χ2n) is 5.15. The monoisotopic (exact) mass is 305 g/mol. The minimum Gasteiger partial charge on any atom is -0.459 e. The van der Waals surface area contributed by atoms with E-state index >= 15 is 0 Å². The number of epoxide rings is 1. The summed E-state index contributed by atoms with van der Waals surface area (Å²) in [4.78, 5) is 12.3. The van der Waals surface area contributed by atoms with Crippen LogP contribution in [0.5, 0.6) is 0 Å². The van der Waals surface area contributed by atoms with Crippen molar-refractivity contribution >= 4 is 11.5 Å². The van der Waals surface area contributed by atoms with Gasteiger partial charge in [0, 0.05) is 5.57 Å². The SMILES string of the molecule is N#CC(C(=O)OCC1CO1)=C(c1ccccc1)c1ccccc1. The van der Waals surface area contributed by atoms with E-state index in [0.29, 0.717) is 12.2 Å². The minimum absolute atomic E-state index is 0.00282. The second-order valence-corrected chi connectivity index (χ2v) is 5.15. The molecule has 0 spiro atoms. The molecule has 1 saturated heterocycles. The molecule has 2 aromatic rings. The zero-order chi connectivity index (χ0) is 16.1. The Bertz CT molecular complexity index is 715. The van der Waals surface area contributed by atoms with E-state index in [2.05, 4.69) is 0 Å². The van der Waals surface area contributed by atoms with Crippen LogP contribution in [0.1, 0.15) is 11.1 Å². The molecule has 0 amide bonds. The summed E-state index contributed by atoms with van der Waals surface area (Å²) >= 11 is 0. The number of hydrogen-bond acceptors (Lipinski definition) is 4. The molecule has 1 aliphatic rings. The van der Waals surface area contributed by atoms with E-state index in [-0.39, 0.29) is 18.3 Å². The highest BCUT2D eigenvalue weighted by molar-refractivity contribution is 6.05. The van der Waals surface area contributed by atoms with Gasteiger partial charge in [0.05, 0.1) is 6.61 Å². The molecule has 4 heteroatoms. The normalized spacial score (nSPS) is 15.3. The van der Waals surface area contributed by atoms with Crippen LogP contribution in [0.2, 0.25) is 0 Å². The molecule has 1 atom stereocenters. The summed E-state index contributed by atoms with van der Waals surface area (Å²) in [6.07, 6.45) is -0.0317. The summed E-state index contributed by atoms with van der Waals surface area (Å²) in [5, 5.41) is 9.53. The molecule has 3 rings (SSSR count). The fourth-order valence-corrected chi connectivity index (χ4v) is 2.27. The van der Waals surface area contributed by atoms with Crippen LogP contribution in [0.4, 0.5) is 0 Å². The van der Waals surface area contributed by atoms with Gasteiger partial charge in [-0.2, -0.15) is 5.26 Å². The van der Waals surface area contributed by atoms with Gasteiger partial charge >= 0.3 is 5.97 Å². The molecule has 0 bridgehead atoms. The van der Waals surface area contributed by atoms with Crippen molar-refractivity contribution < 1.29 is 14.3 Å². The summed E-state index contributed by atoms with van der Waals surface area (Å²) in [6, 6.07) is 20.8. The van der Waals surface area contributed by atoms with Crippen molar-refractivity contribution in [3.05, 3.63) is 77.4 Å². The van der Waals surface area contributed by atoms with Gasteiger partial charge in [0.15, 0.2) is 0 Å². The summed E-state index contributed by atoms with van der Waals surface area (Å²) < 4.78 is 10.2. The lowest BCUT2D eigenvalue weighted by molar-refractivity contribution is -0.138. The highest BCUT2D eigenvalue weighted by Gasteiger charge is 2.26. The van der Waals surface area contributed by atoms with Crippen LogP contribution in [-0.4, -0.2) is 25.3 Å². The number of rotatable bonds is 5. The van der Waals surface area contributed by atoms with E-state index in [1.807, 2.05) is 66.7 Å². The summed E-state index contributed by atoms with van der Waals surface area (Å²) in [7, 11) is 0. The van der Waals surface area contributed by atoms with Crippen LogP contribution in [0, 0.1) is 11.3 Å². The minimum atomic E-state index is -0.620. The number of benzene rings is 2. The summed E-state index contributed by atoms with van der Waals surface area (Å²) in [5.41, 5.74) is 2.18. The molecular formula is C19H15NO3. The van der Waals surface area contributed by atoms with E-state index in [4.69, 9.17) is 9.47 Å². The van der Waals surface area contributed by atoms with Crippen LogP contribution in [0.3, 0.4) is 0 Å². The van der Waals surface area contributed by atoms with Crippen LogP contribution < -0.4 is 0 Å². The molecule has 1 fully saturated rings. The first-order chi connectivity index (χ1) is 11.3. The Hall–Kier alpha value is -2.90. The van der Waals surface area contributed by atoms with Crippen molar-refractivity contribution in [1.29, 1.82) is 5.26 Å². The Balaban J connectivity index is 2.04. The number of nitriles is 1. The third kappa shape index (κ3) is 3.65. The number of hydrogen-bond donors (Lipinski definition) is 0. The maximum Gasteiger partial charge on any atom is 0.349 e. The first-order valence-corrected chi connectivity index (χ1v) is 7.33. The molecule has 1 heterocycles. The molecule has 0 aliphatic carbocycles. The molecule has 4 nitrogen and oxygen atoms in total. The lowest BCUT2D eigenvalue weighted by atomic mass is 9.93. The smallest absolute Gasteiger partial charge is 0.349 e. The van der Waals surface area contributed by atoms with Crippen molar-refractivity contribution in [3.63, 3.8) is 0 Å². The Kier molecular flexibility index (Phi) is 4.51. The maximum absolute atomic E-state index is 12.3. The average Bonchev–Trinajstić information content (AvgIpc) is 3.43. The van der Waals surface area contributed by atoms with Crippen molar-refractivity contribution in [2.45, 2.75) is 6.10 Å². The van der Waals surface area contributed by atoms with Gasteiger partial charge in [0.1, 0.15) is 24.4 Å². The van der Waals surface area contributed by atoms with Crippen molar-refractivity contribution in [3.8, 4) is 6.07 Å². The fourth-order valence-electron chi connectivity index (χ4n) is 2.27. The molecule has 0 saturated carbocycles. The number of carbonyl (C=O) groups is 1. The Morgan fingerprint density at radius 1 is 1.09 bits per heavy atom. The molecule has 114 valence electrons. The Morgan fingerprint density at radius 3 is 2.04 bits per heavy atom. The van der Waals surface area contributed by atoms with Gasteiger partial charge in [-0.05, 0) is 11.1 Å². The van der Waals surface area contributed by atoms with Crippen molar-refractivity contribution in [1.82, 2.24) is 0 Å². The van der Waals surface area contributed by atoms with Crippen molar-refractivity contribution in [2.24, 2.45) is 0 Å². The molecule has 0 N–H and O–H groups in total. The molecule has 1 unspecified atom stereocenters. The van der Waals surface area contributed by atoms with Gasteiger partial charge in [-0.1, -0.05) is 60.7 Å². The molecule has 0 radical (unpaired) electrons. The van der Waals surface area contributed by atoms with Gasteiger partial charge < -0.3 is 9.47 Å². The second kappa shape index (κ2) is 6.91. The van der Waals surface area contributed by atoms with E-state index in [1.165, 1.54) is 0 Å². The topological polar surface area (TPSA) is 62.6 Å². The third-order valence-electron chi connectivity index (χ3n) is 3.49. The summed E-state index contributed by atoms with van der Waals surface area (Å²) in [5.74, 6) is -0.620. The molecule has 23 heavy (non-hydrogen) atoms. The maximum atomic E-state index is 12.3. The van der Waals surface area contributed by atoms with Crippen LogP contribution in [0.25, 0.3) is 5.57 Å². The molecule has 1 aliphatic heterocycles. The van der Waals surface area contributed by atoms with E-state index < -0.39 is 5.97 Å².